The summed E-state index contributed by atoms with van der Waals surface area (Å²) in [6.45, 7) is 1.26. The molecule has 0 bridgehead atoms. The second-order valence-corrected chi connectivity index (χ2v) is 8.55. The summed E-state index contributed by atoms with van der Waals surface area (Å²) in [7, 11) is 0. The smallest absolute Gasteiger partial charge is 0.227 e. The minimum Gasteiger partial charge on any atom is -0.380 e. The van der Waals surface area contributed by atoms with Crippen molar-refractivity contribution in [3.8, 4) is 0 Å². The van der Waals surface area contributed by atoms with Crippen LogP contribution in [0.3, 0.4) is 0 Å². The highest BCUT2D eigenvalue weighted by molar-refractivity contribution is 5.81. The molecule has 5 rings (SSSR count). The molecule has 1 aromatic carbocycles. The van der Waals surface area contributed by atoms with E-state index in [1.165, 1.54) is 23.3 Å². The minimum atomic E-state index is -0.814. The molecule has 1 saturated heterocycles. The molecule has 1 N–H and O–H groups in total. The van der Waals surface area contributed by atoms with Crippen LogP contribution < -0.4 is 5.32 Å². The molecule has 1 aromatic heterocycles. The Labute approximate surface area is 186 Å². The van der Waals surface area contributed by atoms with E-state index in [0.717, 1.165) is 41.5 Å². The number of hydrogen-bond acceptors (Lipinski definition) is 3. The van der Waals surface area contributed by atoms with Crippen LogP contribution >= 0.6 is 0 Å². The molecule has 0 saturated carbocycles. The lowest BCUT2D eigenvalue weighted by Gasteiger charge is -2.33. The van der Waals surface area contributed by atoms with E-state index >= 15 is 0 Å². The number of likely N-dealkylation sites (tertiary alicyclic amines) is 1. The number of carbonyl (C=O) groups excluding carboxylic acids is 1. The van der Waals surface area contributed by atoms with Crippen LogP contribution in [0.5, 0.6) is 0 Å². The molecule has 3 aliphatic rings. The van der Waals surface area contributed by atoms with E-state index in [1.807, 2.05) is 29.3 Å². The third kappa shape index (κ3) is 3.97. The Balaban J connectivity index is 1.44. The van der Waals surface area contributed by atoms with Crippen LogP contribution in [-0.2, 0) is 17.6 Å². The Morgan fingerprint density at radius 3 is 2.59 bits per heavy atom. The first-order valence-electron chi connectivity index (χ1n) is 11.1. The molecule has 1 aliphatic carbocycles. The molecule has 164 valence electrons. The van der Waals surface area contributed by atoms with E-state index in [0.29, 0.717) is 25.9 Å². The van der Waals surface area contributed by atoms with Crippen molar-refractivity contribution in [2.24, 2.45) is 0 Å². The number of amides is 1. The number of piperidine rings is 1. The molecular formula is C26H25F2N3O. The van der Waals surface area contributed by atoms with Gasteiger partial charge in [0.15, 0.2) is 11.6 Å². The SMILES string of the molecule is O=C(Cc1ccncc1)N1CCC(=C2c3cc(F)c(F)cc3CCC3=CC=CNC32)CC1. The van der Waals surface area contributed by atoms with Gasteiger partial charge in [-0.3, -0.25) is 9.78 Å². The van der Waals surface area contributed by atoms with Gasteiger partial charge in [0.2, 0.25) is 5.91 Å². The van der Waals surface area contributed by atoms with Gasteiger partial charge < -0.3 is 10.2 Å². The molecule has 0 spiro atoms. The van der Waals surface area contributed by atoms with Gasteiger partial charge in [0, 0.05) is 25.5 Å². The average Bonchev–Trinajstić information content (AvgIpc) is 2.97. The van der Waals surface area contributed by atoms with Crippen molar-refractivity contribution < 1.29 is 13.6 Å². The van der Waals surface area contributed by atoms with Crippen LogP contribution in [0.2, 0.25) is 0 Å². The fourth-order valence-electron chi connectivity index (χ4n) is 4.98. The second kappa shape index (κ2) is 8.69. The lowest BCUT2D eigenvalue weighted by molar-refractivity contribution is -0.130. The predicted octanol–water partition coefficient (Wildman–Crippen LogP) is 4.34. The van der Waals surface area contributed by atoms with E-state index in [2.05, 4.69) is 16.4 Å². The molecule has 4 nitrogen and oxygen atoms in total. The summed E-state index contributed by atoms with van der Waals surface area (Å²) < 4.78 is 28.3. The van der Waals surface area contributed by atoms with Gasteiger partial charge in [-0.05, 0) is 90.1 Å². The summed E-state index contributed by atoms with van der Waals surface area (Å²) in [6, 6.07) is 6.39. The van der Waals surface area contributed by atoms with Gasteiger partial charge >= 0.3 is 0 Å². The Kier molecular flexibility index (Phi) is 5.60. The van der Waals surface area contributed by atoms with Crippen molar-refractivity contribution in [2.45, 2.75) is 38.1 Å². The van der Waals surface area contributed by atoms with Crippen molar-refractivity contribution in [3.05, 3.63) is 94.5 Å². The summed E-state index contributed by atoms with van der Waals surface area (Å²) in [5.41, 5.74) is 6.09. The number of aryl methyl sites for hydroxylation is 1. The highest BCUT2D eigenvalue weighted by atomic mass is 19.2. The lowest BCUT2D eigenvalue weighted by atomic mass is 9.84. The number of rotatable bonds is 2. The van der Waals surface area contributed by atoms with Crippen molar-refractivity contribution in [2.75, 3.05) is 13.1 Å². The fraction of sp³-hybridized carbons (Fsp3) is 0.308. The third-order valence-electron chi connectivity index (χ3n) is 6.65. The number of benzene rings is 1. The largest absolute Gasteiger partial charge is 0.380 e. The summed E-state index contributed by atoms with van der Waals surface area (Å²) in [5.74, 6) is -1.51. The molecule has 0 radical (unpaired) electrons. The highest BCUT2D eigenvalue weighted by Gasteiger charge is 2.31. The first kappa shape index (κ1) is 20.6. The van der Waals surface area contributed by atoms with Crippen molar-refractivity contribution in [3.63, 3.8) is 0 Å². The molecular weight excluding hydrogens is 408 g/mol. The van der Waals surface area contributed by atoms with Crippen molar-refractivity contribution in [1.29, 1.82) is 0 Å². The molecule has 1 fully saturated rings. The lowest BCUT2D eigenvalue weighted by Crippen LogP contribution is -2.38. The average molecular weight is 434 g/mol. The number of carbonyl (C=O) groups is 1. The van der Waals surface area contributed by atoms with E-state index in [4.69, 9.17) is 0 Å². The number of fused-ring (bicyclic) bond motifs is 2. The van der Waals surface area contributed by atoms with Gasteiger partial charge in [-0.1, -0.05) is 11.6 Å². The number of allylic oxidation sites excluding steroid dienone is 2. The second-order valence-electron chi connectivity index (χ2n) is 8.55. The molecule has 1 amide bonds. The number of dihydropyridines is 1. The number of aromatic nitrogens is 1. The topological polar surface area (TPSA) is 45.2 Å². The molecule has 32 heavy (non-hydrogen) atoms. The van der Waals surface area contributed by atoms with Crippen molar-refractivity contribution in [1.82, 2.24) is 15.2 Å². The number of pyridine rings is 1. The van der Waals surface area contributed by atoms with Crippen LogP contribution in [0.4, 0.5) is 8.78 Å². The maximum Gasteiger partial charge on any atom is 0.227 e. The summed E-state index contributed by atoms with van der Waals surface area (Å²) >= 11 is 0. The van der Waals surface area contributed by atoms with Gasteiger partial charge in [0.05, 0.1) is 12.5 Å². The first-order chi connectivity index (χ1) is 15.6. The van der Waals surface area contributed by atoms with Crippen LogP contribution in [0, 0.1) is 11.6 Å². The summed E-state index contributed by atoms with van der Waals surface area (Å²) in [6.07, 6.45) is 12.7. The normalized spacial score (nSPS) is 20.1. The van der Waals surface area contributed by atoms with Gasteiger partial charge in [0.25, 0.3) is 0 Å². The quantitative estimate of drug-likeness (QED) is 0.767. The monoisotopic (exact) mass is 433 g/mol. The molecule has 1 atom stereocenters. The maximum absolute atomic E-state index is 14.3. The zero-order chi connectivity index (χ0) is 22.1. The standard InChI is InChI=1S/C26H25F2N3O/c27-22-15-20-4-3-19-2-1-9-30-26(19)25(21(20)16-23(22)28)18-7-12-31(13-8-18)24(32)14-17-5-10-29-11-6-17/h1-2,5-6,9-11,15-16,26,30H,3-4,7-8,12-14H2. The zero-order valence-electron chi connectivity index (χ0n) is 17.8. The molecule has 6 heteroatoms. The van der Waals surface area contributed by atoms with Gasteiger partial charge in [-0.15, -0.1) is 0 Å². The fourth-order valence-corrected chi connectivity index (χ4v) is 4.98. The van der Waals surface area contributed by atoms with Crippen molar-refractivity contribution >= 4 is 11.5 Å². The number of hydrogen-bond donors (Lipinski definition) is 1. The van der Waals surface area contributed by atoms with Gasteiger partial charge in [-0.25, -0.2) is 8.78 Å². The Morgan fingerprint density at radius 2 is 1.81 bits per heavy atom. The van der Waals surface area contributed by atoms with Crippen LogP contribution in [0.15, 0.2) is 66.2 Å². The molecule has 1 unspecified atom stereocenters. The van der Waals surface area contributed by atoms with E-state index in [-0.39, 0.29) is 11.9 Å². The van der Waals surface area contributed by atoms with E-state index < -0.39 is 11.6 Å². The zero-order valence-corrected chi connectivity index (χ0v) is 17.8. The van der Waals surface area contributed by atoms with Gasteiger partial charge in [-0.2, -0.15) is 0 Å². The van der Waals surface area contributed by atoms with Gasteiger partial charge in [0.1, 0.15) is 0 Å². The Morgan fingerprint density at radius 1 is 1.06 bits per heavy atom. The van der Waals surface area contributed by atoms with E-state index in [1.54, 1.807) is 12.4 Å². The summed E-state index contributed by atoms with van der Waals surface area (Å²) in [4.78, 5) is 18.7. The summed E-state index contributed by atoms with van der Waals surface area (Å²) in [5, 5.41) is 3.44. The first-order valence-corrected chi connectivity index (χ1v) is 11.1. The number of halogens is 2. The maximum atomic E-state index is 14.3. The third-order valence-corrected chi connectivity index (χ3v) is 6.65. The van der Waals surface area contributed by atoms with Crippen LogP contribution in [-0.4, -0.2) is 34.9 Å². The number of nitrogens with zero attached hydrogens (tertiary/aromatic N) is 2. The van der Waals surface area contributed by atoms with E-state index in [9.17, 15) is 13.6 Å². The Bertz CT molecular complexity index is 1130. The predicted molar refractivity (Wildman–Crippen MR) is 120 cm³/mol. The number of nitrogens with one attached hydrogen (secondary N) is 1. The highest BCUT2D eigenvalue weighted by Crippen LogP contribution is 2.39. The van der Waals surface area contributed by atoms with Crippen LogP contribution in [0.1, 0.15) is 36.0 Å². The Hall–Kier alpha value is -3.28. The van der Waals surface area contributed by atoms with Crippen LogP contribution in [0.25, 0.3) is 5.57 Å². The minimum absolute atomic E-state index is 0.0415. The molecule has 2 aromatic rings. The molecule has 2 aliphatic heterocycles. The molecule has 3 heterocycles.